The molecule has 4 rings (SSSR count). The Morgan fingerprint density at radius 2 is 1.59 bits per heavy atom. The molecule has 1 aromatic heterocycles. The number of nitrogens with two attached hydrogens (primary N) is 1. The summed E-state index contributed by atoms with van der Waals surface area (Å²) >= 11 is 0. The van der Waals surface area contributed by atoms with Gasteiger partial charge < -0.3 is 5.73 Å². The molecule has 0 fully saturated rings. The molecular formula is C23H24N6O2S. The monoisotopic (exact) mass is 448 g/mol. The molecule has 9 heteroatoms. The van der Waals surface area contributed by atoms with E-state index in [-0.39, 0.29) is 11.4 Å². The zero-order valence-corrected chi connectivity index (χ0v) is 18.2. The van der Waals surface area contributed by atoms with Gasteiger partial charge in [0.05, 0.1) is 4.90 Å². The Morgan fingerprint density at radius 3 is 2.25 bits per heavy atom. The fourth-order valence-electron chi connectivity index (χ4n) is 3.42. The van der Waals surface area contributed by atoms with Crippen LogP contribution in [0.2, 0.25) is 0 Å². The molecule has 0 aliphatic heterocycles. The summed E-state index contributed by atoms with van der Waals surface area (Å²) in [5.41, 5.74) is 9.18. The number of H-pyrrole nitrogens is 1. The molecule has 164 valence electrons. The molecule has 4 aromatic rings. The van der Waals surface area contributed by atoms with Gasteiger partial charge in [-0.3, -0.25) is 0 Å². The average Bonchev–Trinajstić information content (AvgIpc) is 3.36. The quantitative estimate of drug-likeness (QED) is 0.380. The molecule has 0 amide bonds. The number of nitrogens with one attached hydrogen (secondary N) is 1. The minimum atomic E-state index is -3.71. The van der Waals surface area contributed by atoms with Gasteiger partial charge in [-0.2, -0.15) is 9.52 Å². The second-order valence-electron chi connectivity index (χ2n) is 7.43. The van der Waals surface area contributed by atoms with Crippen molar-refractivity contribution in [3.05, 3.63) is 90.0 Å². The highest BCUT2D eigenvalue weighted by Crippen LogP contribution is 2.23. The van der Waals surface area contributed by atoms with E-state index >= 15 is 0 Å². The maximum atomic E-state index is 13.5. The Balaban J connectivity index is 1.55. The largest absolute Gasteiger partial charge is 0.399 e. The Labute approximate surface area is 187 Å². The number of nitrogen functional groups attached to an aromatic ring is 1. The van der Waals surface area contributed by atoms with Crippen molar-refractivity contribution in [2.75, 3.05) is 12.3 Å². The first-order valence-corrected chi connectivity index (χ1v) is 11.7. The minimum absolute atomic E-state index is 0.222. The lowest BCUT2D eigenvalue weighted by Gasteiger charge is -2.23. The van der Waals surface area contributed by atoms with Crippen molar-refractivity contribution in [3.63, 3.8) is 0 Å². The molecule has 0 unspecified atom stereocenters. The maximum Gasteiger partial charge on any atom is 0.243 e. The van der Waals surface area contributed by atoms with Gasteiger partial charge in [0.25, 0.3) is 0 Å². The maximum absolute atomic E-state index is 13.5. The zero-order valence-electron chi connectivity index (χ0n) is 17.4. The van der Waals surface area contributed by atoms with Crippen LogP contribution < -0.4 is 5.73 Å². The molecule has 8 nitrogen and oxygen atoms in total. The first kappa shape index (κ1) is 21.7. The van der Waals surface area contributed by atoms with Gasteiger partial charge in [-0.1, -0.05) is 42.5 Å². The van der Waals surface area contributed by atoms with Gasteiger partial charge in [-0.15, -0.1) is 10.2 Å². The normalized spacial score (nSPS) is 11.7. The van der Waals surface area contributed by atoms with Crippen LogP contribution in [0, 0.1) is 0 Å². The third-order valence-corrected chi connectivity index (χ3v) is 7.01. The number of hydrogen-bond donors (Lipinski definition) is 2. The number of aromatic nitrogens is 4. The van der Waals surface area contributed by atoms with Crippen LogP contribution in [0.4, 0.5) is 5.69 Å². The van der Waals surface area contributed by atoms with Crippen molar-refractivity contribution < 1.29 is 8.42 Å². The smallest absolute Gasteiger partial charge is 0.243 e. The molecule has 0 radical (unpaired) electrons. The van der Waals surface area contributed by atoms with E-state index in [0.29, 0.717) is 30.0 Å². The van der Waals surface area contributed by atoms with Gasteiger partial charge in [0.15, 0.2) is 0 Å². The van der Waals surface area contributed by atoms with Gasteiger partial charge in [-0.05, 0) is 65.6 Å². The lowest BCUT2D eigenvalue weighted by molar-refractivity contribution is 0.399. The van der Waals surface area contributed by atoms with Gasteiger partial charge in [0, 0.05) is 24.3 Å². The number of hydrogen-bond acceptors (Lipinski definition) is 6. The Morgan fingerprint density at radius 1 is 0.875 bits per heavy atom. The summed E-state index contributed by atoms with van der Waals surface area (Å²) in [7, 11) is -3.71. The van der Waals surface area contributed by atoms with Crippen molar-refractivity contribution in [1.82, 2.24) is 24.9 Å². The Bertz CT molecular complexity index is 1230. The third-order valence-electron chi connectivity index (χ3n) is 5.15. The number of sulfonamides is 1. The van der Waals surface area contributed by atoms with Gasteiger partial charge in [-0.25, -0.2) is 8.42 Å². The fourth-order valence-corrected chi connectivity index (χ4v) is 4.89. The number of tetrazole rings is 1. The van der Waals surface area contributed by atoms with Crippen LogP contribution in [0.3, 0.4) is 0 Å². The number of nitrogens with zero attached hydrogens (tertiary/aromatic N) is 4. The first-order chi connectivity index (χ1) is 15.5. The van der Waals surface area contributed by atoms with E-state index in [0.717, 1.165) is 12.0 Å². The minimum Gasteiger partial charge on any atom is -0.399 e. The SMILES string of the molecule is Nc1ccc(CN(CCCc2ccccc2)S(=O)(=O)c2ccc(-c3nn[nH]n3)cc2)cc1. The number of benzene rings is 3. The molecule has 0 atom stereocenters. The van der Waals surface area contributed by atoms with Gasteiger partial charge >= 0.3 is 0 Å². The Hall–Kier alpha value is -3.56. The summed E-state index contributed by atoms with van der Waals surface area (Å²) in [4.78, 5) is 0.222. The van der Waals surface area contributed by atoms with Crippen molar-refractivity contribution in [1.29, 1.82) is 0 Å². The van der Waals surface area contributed by atoms with Crippen molar-refractivity contribution in [2.24, 2.45) is 0 Å². The highest BCUT2D eigenvalue weighted by atomic mass is 32.2. The molecule has 32 heavy (non-hydrogen) atoms. The standard InChI is InChI=1S/C23H24N6O2S/c24-21-12-8-19(9-13-21)17-29(16-4-7-18-5-2-1-3-6-18)32(30,31)22-14-10-20(11-15-22)23-25-27-28-26-23/h1-3,5-6,8-15H,4,7,16-17,24H2,(H,25,26,27,28). The number of anilines is 1. The predicted molar refractivity (Wildman–Crippen MR) is 123 cm³/mol. The molecule has 0 aliphatic carbocycles. The fraction of sp³-hybridized carbons (Fsp3) is 0.174. The van der Waals surface area contributed by atoms with Crippen LogP contribution >= 0.6 is 0 Å². The van der Waals surface area contributed by atoms with Crippen molar-refractivity contribution in [3.8, 4) is 11.4 Å². The van der Waals surface area contributed by atoms with E-state index in [4.69, 9.17) is 5.73 Å². The van der Waals surface area contributed by atoms with Crippen molar-refractivity contribution >= 4 is 15.7 Å². The van der Waals surface area contributed by atoms with E-state index in [2.05, 4.69) is 32.8 Å². The summed E-state index contributed by atoms with van der Waals surface area (Å²) in [6.45, 7) is 0.665. The highest BCUT2D eigenvalue weighted by molar-refractivity contribution is 7.89. The van der Waals surface area contributed by atoms with E-state index in [1.165, 1.54) is 9.87 Å². The number of rotatable bonds is 9. The van der Waals surface area contributed by atoms with E-state index in [1.54, 1.807) is 36.4 Å². The van der Waals surface area contributed by atoms with Crippen molar-refractivity contribution in [2.45, 2.75) is 24.3 Å². The molecule has 0 saturated heterocycles. The van der Waals surface area contributed by atoms with Gasteiger partial charge in [0.2, 0.25) is 15.8 Å². The van der Waals surface area contributed by atoms with Crippen LogP contribution in [0.5, 0.6) is 0 Å². The summed E-state index contributed by atoms with van der Waals surface area (Å²) in [5.74, 6) is 0.413. The molecular weight excluding hydrogens is 424 g/mol. The molecule has 0 spiro atoms. The first-order valence-electron chi connectivity index (χ1n) is 10.2. The van der Waals surface area contributed by atoms with Gasteiger partial charge in [0.1, 0.15) is 0 Å². The number of aromatic amines is 1. The van der Waals surface area contributed by atoms with E-state index in [1.807, 2.05) is 30.3 Å². The molecule has 1 heterocycles. The predicted octanol–water partition coefficient (Wildman–Crippen LogP) is 3.27. The topological polar surface area (TPSA) is 118 Å². The number of aryl methyl sites for hydroxylation is 1. The lowest BCUT2D eigenvalue weighted by atomic mass is 10.1. The molecule has 3 N–H and O–H groups in total. The molecule has 0 aliphatic rings. The lowest BCUT2D eigenvalue weighted by Crippen LogP contribution is -2.32. The summed E-state index contributed by atoms with van der Waals surface area (Å²) in [5, 5.41) is 13.8. The zero-order chi connectivity index (χ0) is 22.4. The third kappa shape index (κ3) is 5.19. The molecule has 0 saturated carbocycles. The summed E-state index contributed by atoms with van der Waals surface area (Å²) < 4.78 is 28.5. The van der Waals surface area contributed by atoms with Crippen LogP contribution in [-0.4, -0.2) is 39.9 Å². The Kier molecular flexibility index (Phi) is 6.58. The summed E-state index contributed by atoms with van der Waals surface area (Å²) in [6.07, 6.45) is 1.50. The van der Waals surface area contributed by atoms with Crippen LogP contribution in [0.25, 0.3) is 11.4 Å². The van der Waals surface area contributed by atoms with E-state index in [9.17, 15) is 8.42 Å². The molecule has 3 aromatic carbocycles. The molecule has 0 bridgehead atoms. The van der Waals surface area contributed by atoms with Crippen LogP contribution in [-0.2, 0) is 23.0 Å². The van der Waals surface area contributed by atoms with E-state index < -0.39 is 10.0 Å². The second-order valence-corrected chi connectivity index (χ2v) is 9.37. The average molecular weight is 449 g/mol. The second kappa shape index (κ2) is 9.71. The summed E-state index contributed by atoms with van der Waals surface area (Å²) in [6, 6.07) is 23.8. The highest BCUT2D eigenvalue weighted by Gasteiger charge is 2.24. The van der Waals surface area contributed by atoms with Crippen LogP contribution in [0.1, 0.15) is 17.5 Å². The van der Waals surface area contributed by atoms with Crippen LogP contribution in [0.15, 0.2) is 83.8 Å².